The second kappa shape index (κ2) is 21.3. The summed E-state index contributed by atoms with van der Waals surface area (Å²) in [4.78, 5) is 2.46. The molecule has 0 aliphatic rings. The average Bonchev–Trinajstić information content (AvgIpc) is 2.63. The van der Waals surface area contributed by atoms with Crippen molar-refractivity contribution in [3.63, 3.8) is 0 Å². The van der Waals surface area contributed by atoms with Crippen LogP contribution in [0.2, 0.25) is 0 Å². The number of unbranched alkanes of at least 4 members (excludes halogenated alkanes) is 16. The van der Waals surface area contributed by atoms with E-state index in [2.05, 4.69) is 32.8 Å². The third kappa shape index (κ3) is 18.7. The Bertz CT molecular complexity index is 249. The maximum Gasteiger partial charge on any atom is 0.00891 e. The second-order valence-electron chi connectivity index (χ2n) is 8.85. The van der Waals surface area contributed by atoms with Crippen molar-refractivity contribution < 1.29 is 0 Å². The van der Waals surface area contributed by atoms with Crippen molar-refractivity contribution in [1.82, 2.24) is 4.90 Å². The van der Waals surface area contributed by atoms with Crippen LogP contribution in [0.25, 0.3) is 0 Å². The van der Waals surface area contributed by atoms with E-state index in [1.807, 2.05) is 0 Å². The molecule has 0 aromatic rings. The van der Waals surface area contributed by atoms with E-state index >= 15 is 0 Å². The highest BCUT2D eigenvalue weighted by Gasteiger charge is 2.10. The quantitative estimate of drug-likeness (QED) is 0.183. The van der Waals surface area contributed by atoms with Crippen molar-refractivity contribution >= 4 is 0 Å². The summed E-state index contributed by atoms with van der Waals surface area (Å²) in [7, 11) is 4.53. The van der Waals surface area contributed by atoms with Gasteiger partial charge in [0.05, 0.1) is 0 Å². The lowest BCUT2D eigenvalue weighted by atomic mass is 10.00. The van der Waals surface area contributed by atoms with E-state index in [1.165, 1.54) is 128 Å². The highest BCUT2D eigenvalue weighted by atomic mass is 15.1. The van der Waals surface area contributed by atoms with Crippen LogP contribution in [0.4, 0.5) is 0 Å². The monoisotopic (exact) mass is 367 g/mol. The van der Waals surface area contributed by atoms with Gasteiger partial charge in [-0.2, -0.15) is 0 Å². The Hall–Kier alpha value is -0.0400. The van der Waals surface area contributed by atoms with Gasteiger partial charge in [0.25, 0.3) is 0 Å². The molecule has 26 heavy (non-hydrogen) atoms. The molecule has 1 nitrogen and oxygen atoms in total. The molecule has 0 radical (unpaired) electrons. The van der Waals surface area contributed by atoms with Crippen molar-refractivity contribution in [3.05, 3.63) is 0 Å². The van der Waals surface area contributed by atoms with Crippen molar-refractivity contribution in [2.75, 3.05) is 14.1 Å². The molecule has 0 aromatic heterocycles. The molecule has 1 atom stereocenters. The molecule has 0 spiro atoms. The minimum Gasteiger partial charge on any atom is -0.306 e. The van der Waals surface area contributed by atoms with Gasteiger partial charge in [-0.1, -0.05) is 129 Å². The molecule has 0 fully saturated rings. The van der Waals surface area contributed by atoms with Gasteiger partial charge < -0.3 is 4.90 Å². The van der Waals surface area contributed by atoms with Gasteiger partial charge in [-0.05, 0) is 26.9 Å². The van der Waals surface area contributed by atoms with Gasteiger partial charge >= 0.3 is 0 Å². The summed E-state index contributed by atoms with van der Waals surface area (Å²) in [5, 5.41) is 0. The summed E-state index contributed by atoms with van der Waals surface area (Å²) in [5.74, 6) is 0. The van der Waals surface area contributed by atoms with E-state index in [-0.39, 0.29) is 0 Å². The van der Waals surface area contributed by atoms with Gasteiger partial charge in [-0.25, -0.2) is 0 Å². The molecular weight excluding hydrogens is 314 g/mol. The molecule has 158 valence electrons. The summed E-state index contributed by atoms with van der Waals surface area (Å²) >= 11 is 0. The second-order valence-corrected chi connectivity index (χ2v) is 8.85. The Morgan fingerprint density at radius 2 is 0.692 bits per heavy atom. The molecule has 1 heteroatoms. The molecule has 0 heterocycles. The van der Waals surface area contributed by atoms with Crippen LogP contribution >= 0.6 is 0 Å². The van der Waals surface area contributed by atoms with Crippen molar-refractivity contribution in [2.24, 2.45) is 0 Å². The van der Waals surface area contributed by atoms with Crippen LogP contribution in [-0.4, -0.2) is 25.0 Å². The van der Waals surface area contributed by atoms with Crippen LogP contribution in [-0.2, 0) is 0 Å². The van der Waals surface area contributed by atoms with Crippen molar-refractivity contribution in [2.45, 2.75) is 148 Å². The first kappa shape index (κ1) is 26.0. The van der Waals surface area contributed by atoms with Crippen LogP contribution in [0.1, 0.15) is 142 Å². The Labute approximate surface area is 167 Å². The molecule has 0 saturated heterocycles. The molecule has 0 bridgehead atoms. The van der Waals surface area contributed by atoms with Crippen molar-refractivity contribution in [1.29, 1.82) is 0 Å². The Morgan fingerprint density at radius 1 is 0.423 bits per heavy atom. The van der Waals surface area contributed by atoms with Crippen molar-refractivity contribution in [3.8, 4) is 0 Å². The number of rotatable bonds is 21. The predicted molar refractivity (Wildman–Crippen MR) is 121 cm³/mol. The van der Waals surface area contributed by atoms with E-state index in [0.717, 1.165) is 6.04 Å². The van der Waals surface area contributed by atoms with Crippen LogP contribution in [0, 0.1) is 0 Å². The van der Waals surface area contributed by atoms with E-state index in [1.54, 1.807) is 0 Å². The molecule has 0 rings (SSSR count). The number of hydrogen-bond acceptors (Lipinski definition) is 1. The third-order valence-electron chi connectivity index (χ3n) is 6.01. The van der Waals surface area contributed by atoms with Crippen LogP contribution in [0.15, 0.2) is 0 Å². The van der Waals surface area contributed by atoms with Gasteiger partial charge in [0.15, 0.2) is 0 Å². The van der Waals surface area contributed by atoms with E-state index in [4.69, 9.17) is 0 Å². The minimum absolute atomic E-state index is 0.823. The summed E-state index contributed by atoms with van der Waals surface area (Å²) < 4.78 is 0. The Balaban J connectivity index is 3.27. The first-order chi connectivity index (χ1) is 12.7. The first-order valence-corrected chi connectivity index (χ1v) is 12.4. The zero-order chi connectivity index (χ0) is 19.3. The molecule has 0 amide bonds. The fraction of sp³-hybridized carbons (Fsp3) is 1.00. The number of nitrogens with zero attached hydrogens (tertiary/aromatic N) is 1. The minimum atomic E-state index is 0.823. The summed E-state index contributed by atoms with van der Waals surface area (Å²) in [6.45, 7) is 4.61. The van der Waals surface area contributed by atoms with Crippen LogP contribution in [0.3, 0.4) is 0 Å². The average molecular weight is 368 g/mol. The predicted octanol–water partition coefficient (Wildman–Crippen LogP) is 8.76. The van der Waals surface area contributed by atoms with Crippen LogP contribution in [0.5, 0.6) is 0 Å². The fourth-order valence-corrected chi connectivity index (χ4v) is 4.04. The zero-order valence-electron chi connectivity index (χ0n) is 19.2. The fourth-order valence-electron chi connectivity index (χ4n) is 4.04. The van der Waals surface area contributed by atoms with E-state index < -0.39 is 0 Å². The van der Waals surface area contributed by atoms with Crippen LogP contribution < -0.4 is 0 Å². The lowest BCUT2D eigenvalue weighted by Gasteiger charge is -2.24. The SMILES string of the molecule is CCCCCCCCCCCCCCCCCC(CCCCC)N(C)C. The van der Waals surface area contributed by atoms with E-state index in [0.29, 0.717) is 0 Å². The smallest absolute Gasteiger partial charge is 0.00891 e. The molecule has 0 saturated carbocycles. The maximum atomic E-state index is 2.46. The van der Waals surface area contributed by atoms with Gasteiger partial charge in [0, 0.05) is 6.04 Å². The van der Waals surface area contributed by atoms with Gasteiger partial charge in [-0.3, -0.25) is 0 Å². The van der Waals surface area contributed by atoms with E-state index in [9.17, 15) is 0 Å². The Morgan fingerprint density at radius 3 is 1.04 bits per heavy atom. The topological polar surface area (TPSA) is 3.24 Å². The largest absolute Gasteiger partial charge is 0.306 e. The standard InChI is InChI=1S/C25H53N/c1-5-7-9-10-11-12-13-14-15-16-17-18-19-20-22-24-25(26(3)4)23-21-8-6-2/h25H,5-24H2,1-4H3. The normalized spacial score (nSPS) is 12.8. The molecular formula is C25H53N. The zero-order valence-corrected chi connectivity index (χ0v) is 19.2. The Kier molecular flexibility index (Phi) is 21.2. The number of hydrogen-bond donors (Lipinski definition) is 0. The first-order valence-electron chi connectivity index (χ1n) is 12.4. The highest BCUT2D eigenvalue weighted by molar-refractivity contribution is 4.66. The molecule has 0 N–H and O–H groups in total. The lowest BCUT2D eigenvalue weighted by Crippen LogP contribution is -2.27. The van der Waals surface area contributed by atoms with Gasteiger partial charge in [0.1, 0.15) is 0 Å². The third-order valence-corrected chi connectivity index (χ3v) is 6.01. The summed E-state index contributed by atoms with van der Waals surface area (Å²) in [6.07, 6.45) is 28.9. The lowest BCUT2D eigenvalue weighted by molar-refractivity contribution is 0.252. The summed E-state index contributed by atoms with van der Waals surface area (Å²) in [5.41, 5.74) is 0. The highest BCUT2D eigenvalue weighted by Crippen LogP contribution is 2.17. The molecule has 0 aromatic carbocycles. The molecule has 1 unspecified atom stereocenters. The van der Waals surface area contributed by atoms with Gasteiger partial charge in [0.2, 0.25) is 0 Å². The summed E-state index contributed by atoms with van der Waals surface area (Å²) in [6, 6.07) is 0.823. The van der Waals surface area contributed by atoms with Gasteiger partial charge in [-0.15, -0.1) is 0 Å². The maximum absolute atomic E-state index is 2.46. The molecule has 0 aliphatic heterocycles. The molecule has 0 aliphatic carbocycles.